The van der Waals surface area contributed by atoms with Crippen molar-refractivity contribution < 1.29 is 9.21 Å². The summed E-state index contributed by atoms with van der Waals surface area (Å²) in [6.45, 7) is 4.02. The van der Waals surface area contributed by atoms with E-state index in [1.807, 2.05) is 12.1 Å². The highest BCUT2D eigenvalue weighted by Gasteiger charge is 2.28. The quantitative estimate of drug-likeness (QED) is 0.663. The first-order valence-electron chi connectivity index (χ1n) is 9.79. The third-order valence-electron chi connectivity index (χ3n) is 4.99. The van der Waals surface area contributed by atoms with E-state index in [1.54, 1.807) is 30.4 Å². The zero-order chi connectivity index (χ0) is 20.1. The van der Waals surface area contributed by atoms with Gasteiger partial charge in [0.15, 0.2) is 5.82 Å². The van der Waals surface area contributed by atoms with Crippen LogP contribution in [-0.4, -0.2) is 29.0 Å². The Morgan fingerprint density at radius 2 is 2.07 bits per heavy atom. The smallest absolute Gasteiger partial charge is 0.225 e. The van der Waals surface area contributed by atoms with E-state index in [4.69, 9.17) is 4.42 Å². The van der Waals surface area contributed by atoms with Gasteiger partial charge in [-0.2, -0.15) is 0 Å². The first-order valence-corrected chi connectivity index (χ1v) is 10.6. The van der Waals surface area contributed by atoms with Gasteiger partial charge >= 0.3 is 0 Å². The van der Waals surface area contributed by atoms with Gasteiger partial charge in [-0.25, -0.2) is 9.97 Å². The summed E-state index contributed by atoms with van der Waals surface area (Å²) in [7, 11) is 0. The van der Waals surface area contributed by atoms with Crippen molar-refractivity contribution in [3.05, 3.63) is 66.4 Å². The van der Waals surface area contributed by atoms with Crippen LogP contribution in [0.1, 0.15) is 24.2 Å². The van der Waals surface area contributed by atoms with Crippen molar-refractivity contribution in [3.8, 4) is 0 Å². The number of nitrogens with one attached hydrogen (secondary N) is 1. The van der Waals surface area contributed by atoms with Crippen molar-refractivity contribution in [1.82, 2.24) is 15.3 Å². The summed E-state index contributed by atoms with van der Waals surface area (Å²) in [6.07, 6.45) is 6.88. The highest BCUT2D eigenvalue weighted by Crippen LogP contribution is 2.34. The monoisotopic (exact) mass is 408 g/mol. The Labute approximate surface area is 174 Å². The molecule has 29 heavy (non-hydrogen) atoms. The number of rotatable bonds is 6. The minimum absolute atomic E-state index is 0.0581. The van der Waals surface area contributed by atoms with Crippen LogP contribution in [0.15, 0.2) is 69.4 Å². The number of aromatic nitrogens is 2. The lowest BCUT2D eigenvalue weighted by Gasteiger charge is -2.33. The van der Waals surface area contributed by atoms with Gasteiger partial charge in [-0.05, 0) is 44.0 Å². The van der Waals surface area contributed by atoms with Crippen molar-refractivity contribution >= 4 is 23.5 Å². The van der Waals surface area contributed by atoms with Crippen LogP contribution in [0.25, 0.3) is 0 Å². The van der Waals surface area contributed by atoms with Gasteiger partial charge in [0.2, 0.25) is 5.91 Å². The fraction of sp³-hybridized carbons (Fsp3) is 0.318. The number of benzene rings is 1. The van der Waals surface area contributed by atoms with Gasteiger partial charge in [0.05, 0.1) is 18.7 Å². The predicted octanol–water partition coefficient (Wildman–Crippen LogP) is 4.06. The average Bonchev–Trinajstić information content (AvgIpc) is 3.28. The third kappa shape index (κ3) is 4.98. The Bertz CT molecular complexity index is 944. The number of carbonyl (C=O) groups is 1. The van der Waals surface area contributed by atoms with Gasteiger partial charge in [-0.1, -0.05) is 29.5 Å². The van der Waals surface area contributed by atoms with E-state index in [0.29, 0.717) is 13.1 Å². The standard InChI is InChI=1S/C22H24N4O2S/c1-16-6-8-19(9-7-16)29-22-20(23-10-11-24-22)26-12-2-4-17(15-26)21(27)25-14-18-5-3-13-28-18/h3,5-11,13,17H,2,4,12,14-15H2,1H3,(H,25,27)/t17-/m1/s1. The molecule has 1 aliphatic rings. The minimum atomic E-state index is -0.0713. The molecule has 1 aliphatic heterocycles. The number of nitrogens with zero attached hydrogens (tertiary/aromatic N) is 3. The summed E-state index contributed by atoms with van der Waals surface area (Å²) in [5.74, 6) is 1.60. The summed E-state index contributed by atoms with van der Waals surface area (Å²) in [6, 6.07) is 12.1. The first kappa shape index (κ1) is 19.5. The number of aryl methyl sites for hydroxylation is 1. The van der Waals surface area contributed by atoms with Gasteiger partial charge < -0.3 is 14.6 Å². The molecule has 1 amide bonds. The normalized spacial score (nSPS) is 16.6. The number of hydrogen-bond donors (Lipinski definition) is 1. The summed E-state index contributed by atoms with van der Waals surface area (Å²) in [4.78, 5) is 25.1. The lowest BCUT2D eigenvalue weighted by Crippen LogP contribution is -2.43. The number of anilines is 1. The SMILES string of the molecule is Cc1ccc(Sc2nccnc2N2CCC[C@@H](C(=O)NCc3ccco3)C2)cc1. The maximum atomic E-state index is 12.7. The zero-order valence-electron chi connectivity index (χ0n) is 16.4. The maximum Gasteiger partial charge on any atom is 0.225 e. The largest absolute Gasteiger partial charge is 0.467 e. The molecule has 6 nitrogen and oxygen atoms in total. The predicted molar refractivity (Wildman–Crippen MR) is 113 cm³/mol. The van der Waals surface area contributed by atoms with Crippen LogP contribution in [-0.2, 0) is 11.3 Å². The third-order valence-corrected chi connectivity index (χ3v) is 5.98. The maximum absolute atomic E-state index is 12.7. The number of hydrogen-bond acceptors (Lipinski definition) is 6. The van der Waals surface area contributed by atoms with Crippen molar-refractivity contribution in [2.24, 2.45) is 5.92 Å². The first-order chi connectivity index (χ1) is 14.2. The van der Waals surface area contributed by atoms with E-state index in [9.17, 15) is 4.79 Å². The molecule has 7 heteroatoms. The molecule has 1 saturated heterocycles. The molecule has 0 unspecified atom stereocenters. The van der Waals surface area contributed by atoms with Crippen LogP contribution < -0.4 is 10.2 Å². The van der Waals surface area contributed by atoms with E-state index in [1.165, 1.54) is 5.56 Å². The van der Waals surface area contributed by atoms with Gasteiger partial charge in [0.25, 0.3) is 0 Å². The van der Waals surface area contributed by atoms with Crippen molar-refractivity contribution in [2.45, 2.75) is 36.2 Å². The lowest BCUT2D eigenvalue weighted by molar-refractivity contribution is -0.125. The molecule has 3 heterocycles. The summed E-state index contributed by atoms with van der Waals surface area (Å²) >= 11 is 1.61. The Kier molecular flexibility index (Phi) is 6.14. The number of piperidine rings is 1. The molecule has 1 aromatic carbocycles. The Balaban J connectivity index is 1.44. The number of carbonyl (C=O) groups excluding carboxylic acids is 1. The molecule has 0 spiro atoms. The summed E-state index contributed by atoms with van der Waals surface area (Å²) in [5, 5.41) is 3.85. The fourth-order valence-corrected chi connectivity index (χ4v) is 4.32. The summed E-state index contributed by atoms with van der Waals surface area (Å²) in [5.41, 5.74) is 1.23. The van der Waals surface area contributed by atoms with Gasteiger partial charge in [-0.3, -0.25) is 4.79 Å². The van der Waals surface area contributed by atoms with Gasteiger partial charge in [-0.15, -0.1) is 0 Å². The van der Waals surface area contributed by atoms with E-state index in [2.05, 4.69) is 51.4 Å². The molecular weight excluding hydrogens is 384 g/mol. The molecule has 0 saturated carbocycles. The topological polar surface area (TPSA) is 71.3 Å². The Morgan fingerprint density at radius 1 is 1.24 bits per heavy atom. The number of amides is 1. The van der Waals surface area contributed by atoms with E-state index >= 15 is 0 Å². The van der Waals surface area contributed by atoms with E-state index < -0.39 is 0 Å². The van der Waals surface area contributed by atoms with Crippen LogP contribution in [0, 0.1) is 12.8 Å². The average molecular weight is 409 g/mol. The molecular formula is C22H24N4O2S. The molecule has 150 valence electrons. The van der Waals surface area contributed by atoms with E-state index in [-0.39, 0.29) is 11.8 Å². The van der Waals surface area contributed by atoms with Crippen LogP contribution >= 0.6 is 11.8 Å². The molecule has 0 aliphatic carbocycles. The zero-order valence-corrected chi connectivity index (χ0v) is 17.2. The fourth-order valence-electron chi connectivity index (χ4n) is 3.44. The summed E-state index contributed by atoms with van der Waals surface area (Å²) < 4.78 is 5.30. The van der Waals surface area contributed by atoms with Crippen molar-refractivity contribution in [3.63, 3.8) is 0 Å². The molecule has 2 aromatic heterocycles. The second-order valence-corrected chi connectivity index (χ2v) is 8.24. The Hall–Kier alpha value is -2.80. The van der Waals surface area contributed by atoms with Crippen LogP contribution in [0.2, 0.25) is 0 Å². The van der Waals surface area contributed by atoms with Crippen LogP contribution in [0.4, 0.5) is 5.82 Å². The van der Waals surface area contributed by atoms with Crippen LogP contribution in [0.3, 0.4) is 0 Å². The molecule has 4 rings (SSSR count). The molecule has 1 atom stereocenters. The number of furan rings is 1. The molecule has 0 radical (unpaired) electrons. The molecule has 0 bridgehead atoms. The van der Waals surface area contributed by atoms with Crippen molar-refractivity contribution in [2.75, 3.05) is 18.0 Å². The molecule has 1 N–H and O–H groups in total. The highest BCUT2D eigenvalue weighted by molar-refractivity contribution is 7.99. The van der Waals surface area contributed by atoms with Crippen molar-refractivity contribution in [1.29, 1.82) is 0 Å². The minimum Gasteiger partial charge on any atom is -0.467 e. The molecule has 1 fully saturated rings. The highest BCUT2D eigenvalue weighted by atomic mass is 32.2. The second-order valence-electron chi connectivity index (χ2n) is 7.18. The lowest BCUT2D eigenvalue weighted by atomic mass is 9.97. The van der Waals surface area contributed by atoms with Gasteiger partial charge in [0.1, 0.15) is 10.8 Å². The molecule has 3 aromatic rings. The van der Waals surface area contributed by atoms with E-state index in [0.717, 1.165) is 40.9 Å². The van der Waals surface area contributed by atoms with Crippen LogP contribution in [0.5, 0.6) is 0 Å². The van der Waals surface area contributed by atoms with Gasteiger partial charge in [0, 0.05) is 30.4 Å². The Morgan fingerprint density at radius 3 is 2.86 bits per heavy atom. The second kappa shape index (κ2) is 9.13.